The van der Waals surface area contributed by atoms with Crippen LogP contribution in [0.3, 0.4) is 0 Å². The quantitative estimate of drug-likeness (QED) is 0.226. The van der Waals surface area contributed by atoms with Crippen LogP contribution in [0.4, 0.5) is 52.7 Å². The molecule has 0 atom stereocenters. The molecule has 0 aromatic heterocycles. The molecule has 0 radical (unpaired) electrons. The molecule has 0 amide bonds. The molecule has 0 unspecified atom stereocenters. The molecule has 200 valence electrons. The highest BCUT2D eigenvalue weighted by Gasteiger charge is 2.43. The zero-order valence-electron chi connectivity index (χ0n) is 17.7. The molecule has 0 aliphatic rings. The zero-order chi connectivity index (χ0) is 28.0. The first kappa shape index (κ1) is 29.0. The summed E-state index contributed by atoms with van der Waals surface area (Å²) < 4.78 is 175. The Hall–Kier alpha value is -2.60. The zero-order valence-corrected chi connectivity index (χ0v) is 19.4. The summed E-state index contributed by atoms with van der Waals surface area (Å²) in [5, 5.41) is -2.48. The summed E-state index contributed by atoms with van der Waals surface area (Å²) in [4.78, 5) is -0.0947. The Kier molecular flexibility index (Phi) is 7.52. The van der Waals surface area contributed by atoms with Gasteiger partial charge in [-0.2, -0.15) is 52.7 Å². The predicted octanol–water partition coefficient (Wildman–Crippen LogP) is 8.78. The van der Waals surface area contributed by atoms with Gasteiger partial charge in [-0.15, -0.1) is 0 Å². The number of benzene rings is 3. The maximum atomic E-state index is 14.2. The lowest BCUT2D eigenvalue weighted by atomic mass is 10.1. The summed E-state index contributed by atoms with van der Waals surface area (Å²) in [5.74, 6) is 0. The second-order valence-electron chi connectivity index (χ2n) is 7.48. The number of rotatable bonds is 4. The van der Waals surface area contributed by atoms with Crippen molar-refractivity contribution in [3.8, 4) is 0 Å². The fraction of sp³-hybridized carbons (Fsp3) is 0.182. The highest BCUT2D eigenvalue weighted by atomic mass is 32.7. The van der Waals surface area contributed by atoms with Gasteiger partial charge in [-0.25, -0.2) is 0 Å². The first-order valence-electron chi connectivity index (χ1n) is 9.66. The van der Waals surface area contributed by atoms with Crippen LogP contribution in [0.2, 0.25) is 0 Å². The van der Waals surface area contributed by atoms with Crippen molar-refractivity contribution >= 4 is 28.3 Å². The molecule has 3 rings (SSSR count). The summed E-state index contributed by atoms with van der Waals surface area (Å²) in [6.45, 7) is 0. The maximum absolute atomic E-state index is 14.2. The minimum Gasteiger partial charge on any atom is -0.302 e. The highest BCUT2D eigenvalue weighted by Crippen LogP contribution is 2.61. The molecule has 0 bridgehead atoms. The summed E-state index contributed by atoms with van der Waals surface area (Å²) in [7, 11) is 0. The molecule has 0 saturated carbocycles. The van der Waals surface area contributed by atoms with E-state index in [0.717, 1.165) is 0 Å². The third kappa shape index (κ3) is 6.64. The van der Waals surface area contributed by atoms with E-state index in [1.165, 1.54) is 30.3 Å². The lowest BCUT2D eigenvalue weighted by Crippen LogP contribution is -2.23. The molecule has 0 spiro atoms. The van der Waals surface area contributed by atoms with Crippen molar-refractivity contribution in [3.05, 3.63) is 89.0 Å². The normalized spacial score (nSPS) is 13.6. The van der Waals surface area contributed by atoms with Crippen LogP contribution in [0.15, 0.2) is 71.6 Å². The smallest absolute Gasteiger partial charge is 0.302 e. The van der Waals surface area contributed by atoms with E-state index in [0.29, 0.717) is 0 Å². The molecule has 0 saturated heterocycles. The molecule has 15 heteroatoms. The van der Waals surface area contributed by atoms with Crippen molar-refractivity contribution in [3.63, 3.8) is 0 Å². The van der Waals surface area contributed by atoms with Gasteiger partial charge in [0, 0.05) is 15.5 Å². The summed E-state index contributed by atoms with van der Waals surface area (Å²) in [6, 6.07) is 5.94. The Morgan fingerprint density at radius 3 is 1.05 bits per heavy atom. The predicted molar refractivity (Wildman–Crippen MR) is 112 cm³/mol. The molecule has 37 heavy (non-hydrogen) atoms. The molecule has 0 aliphatic heterocycles. The third-order valence-electron chi connectivity index (χ3n) is 4.80. The van der Waals surface area contributed by atoms with Gasteiger partial charge >= 0.3 is 24.7 Å². The Morgan fingerprint density at radius 1 is 0.486 bits per heavy atom. The highest BCUT2D eigenvalue weighted by molar-refractivity contribution is 8.62. The van der Waals surface area contributed by atoms with Crippen molar-refractivity contribution < 1.29 is 57.3 Å². The summed E-state index contributed by atoms with van der Waals surface area (Å²) in [6.07, 6.45) is -26.8. The topological polar surface area (TPSA) is 17.1 Å². The molecule has 0 fully saturated rings. The van der Waals surface area contributed by atoms with E-state index in [1.54, 1.807) is 0 Å². The lowest BCUT2D eigenvalue weighted by Gasteiger charge is -2.23. The van der Waals surface area contributed by atoms with Crippen LogP contribution in [0.5, 0.6) is 0 Å². The lowest BCUT2D eigenvalue weighted by molar-refractivity contribution is -0.144. The van der Waals surface area contributed by atoms with Crippen molar-refractivity contribution in [2.24, 2.45) is 0 Å². The van der Waals surface area contributed by atoms with E-state index in [4.69, 9.17) is 0 Å². The van der Waals surface area contributed by atoms with Crippen LogP contribution >= 0.6 is 17.7 Å². The summed E-state index contributed by atoms with van der Waals surface area (Å²) >= 11 is 0.0607. The van der Waals surface area contributed by atoms with Crippen LogP contribution in [0.1, 0.15) is 22.3 Å². The average Bonchev–Trinajstić information content (AvgIpc) is 2.76. The molecular formula is C22H11F12OPS. The van der Waals surface area contributed by atoms with Gasteiger partial charge in [0.15, 0.2) is 6.34 Å². The Balaban J connectivity index is 2.44. The van der Waals surface area contributed by atoms with Gasteiger partial charge in [-0.1, -0.05) is 29.6 Å². The number of halogens is 12. The van der Waals surface area contributed by atoms with Crippen LogP contribution in [-0.2, 0) is 29.3 Å². The van der Waals surface area contributed by atoms with Crippen molar-refractivity contribution in [1.82, 2.24) is 0 Å². The Morgan fingerprint density at radius 2 is 0.784 bits per heavy atom. The Labute approximate surface area is 204 Å². The SMILES string of the molecule is O=P(Sc1ccccc1)(c1cc(C(F)(F)F)cc(C(F)(F)F)c1)c1cc(C(F)(F)F)cc(C(F)(F)F)c1. The third-order valence-corrected chi connectivity index (χ3v) is 10.1. The maximum Gasteiger partial charge on any atom is 0.416 e. The van der Waals surface area contributed by atoms with Crippen LogP contribution in [0.25, 0.3) is 0 Å². The van der Waals surface area contributed by atoms with E-state index in [9.17, 15) is 57.3 Å². The molecule has 3 aromatic carbocycles. The number of alkyl halides is 12. The minimum absolute atomic E-state index is 0.0273. The molecule has 0 N–H and O–H groups in total. The van der Waals surface area contributed by atoms with E-state index >= 15 is 0 Å². The van der Waals surface area contributed by atoms with Crippen molar-refractivity contribution in [1.29, 1.82) is 0 Å². The van der Waals surface area contributed by atoms with Gasteiger partial charge in [0.05, 0.1) is 22.3 Å². The first-order valence-corrected chi connectivity index (χ1v) is 12.8. The van der Waals surface area contributed by atoms with E-state index in [-0.39, 0.29) is 52.7 Å². The van der Waals surface area contributed by atoms with Gasteiger partial charge in [0.1, 0.15) is 0 Å². The van der Waals surface area contributed by atoms with E-state index < -0.39 is 63.9 Å². The van der Waals surface area contributed by atoms with Crippen molar-refractivity contribution in [2.45, 2.75) is 29.6 Å². The van der Waals surface area contributed by atoms with Crippen LogP contribution < -0.4 is 10.6 Å². The van der Waals surface area contributed by atoms with Gasteiger partial charge in [0.25, 0.3) is 0 Å². The molecule has 0 heterocycles. The molecule has 0 aliphatic carbocycles. The van der Waals surface area contributed by atoms with Crippen molar-refractivity contribution in [2.75, 3.05) is 0 Å². The molecular weight excluding hydrogens is 571 g/mol. The fourth-order valence-electron chi connectivity index (χ4n) is 3.10. The Bertz CT molecular complexity index is 1180. The largest absolute Gasteiger partial charge is 0.416 e. The van der Waals surface area contributed by atoms with Gasteiger partial charge in [-0.05, 0) is 48.5 Å². The first-order chi connectivity index (χ1) is 16.7. The van der Waals surface area contributed by atoms with Gasteiger partial charge in [-0.3, -0.25) is 0 Å². The van der Waals surface area contributed by atoms with Gasteiger partial charge < -0.3 is 4.57 Å². The average molecular weight is 582 g/mol. The van der Waals surface area contributed by atoms with Crippen LogP contribution in [-0.4, -0.2) is 0 Å². The van der Waals surface area contributed by atoms with E-state index in [1.807, 2.05) is 0 Å². The summed E-state index contributed by atoms with van der Waals surface area (Å²) in [5.41, 5.74) is -7.74. The molecule has 1 nitrogen and oxygen atoms in total. The molecule has 3 aromatic rings. The standard InChI is InChI=1S/C22H11F12OPS/c23-19(24,25)12-6-13(20(26,27)28)9-16(8-12)36(35,37-18-4-2-1-3-5-18)17-10-14(21(29,30)31)7-15(11-17)22(32,33)34/h1-11H. The number of hydrogen-bond donors (Lipinski definition) is 0. The van der Waals surface area contributed by atoms with E-state index in [2.05, 4.69) is 0 Å². The van der Waals surface area contributed by atoms with Crippen LogP contribution in [0, 0.1) is 0 Å². The fourth-order valence-corrected chi connectivity index (χ4v) is 7.94. The monoisotopic (exact) mass is 582 g/mol. The second-order valence-corrected chi connectivity index (χ2v) is 12.4. The minimum atomic E-state index is -5.41. The van der Waals surface area contributed by atoms with Gasteiger partial charge in [0.2, 0.25) is 0 Å². The second kappa shape index (κ2) is 9.61. The number of hydrogen-bond acceptors (Lipinski definition) is 2.